The van der Waals surface area contributed by atoms with Crippen LogP contribution in [-0.4, -0.2) is 31.7 Å². The average molecular weight is 297 g/mol. The first-order chi connectivity index (χ1) is 9.44. The molecule has 0 bridgehead atoms. The molecule has 1 aliphatic rings. The predicted molar refractivity (Wildman–Crippen MR) is 81.4 cm³/mol. The zero-order valence-corrected chi connectivity index (χ0v) is 13.0. The highest BCUT2D eigenvalue weighted by Gasteiger charge is 2.19. The van der Waals surface area contributed by atoms with E-state index in [0.29, 0.717) is 18.3 Å². The second kappa shape index (κ2) is 6.54. The summed E-state index contributed by atoms with van der Waals surface area (Å²) in [7, 11) is -3.29. The van der Waals surface area contributed by atoms with Gasteiger partial charge in [0.15, 0.2) is 0 Å². The summed E-state index contributed by atoms with van der Waals surface area (Å²) in [6.07, 6.45) is 4.08. The van der Waals surface area contributed by atoms with Gasteiger partial charge in [-0.05, 0) is 63.8 Å². The molecule has 0 saturated heterocycles. The van der Waals surface area contributed by atoms with E-state index in [-0.39, 0.29) is 5.75 Å². The van der Waals surface area contributed by atoms with Crippen molar-refractivity contribution >= 4 is 15.8 Å². The summed E-state index contributed by atoms with van der Waals surface area (Å²) in [6.45, 7) is 4.69. The normalized spacial score (nSPS) is 15.3. The third-order valence-electron chi connectivity index (χ3n) is 3.21. The fourth-order valence-electron chi connectivity index (χ4n) is 2.11. The molecule has 2 N–H and O–H groups in total. The number of anilines is 1. The van der Waals surface area contributed by atoms with E-state index in [4.69, 9.17) is 0 Å². The largest absolute Gasteiger partial charge is 0.314 e. The number of nitrogens with one attached hydrogen (secondary N) is 2. The second-order valence-corrected chi connectivity index (χ2v) is 7.37. The van der Waals surface area contributed by atoms with Crippen LogP contribution in [0.1, 0.15) is 36.9 Å². The summed E-state index contributed by atoms with van der Waals surface area (Å²) in [4.78, 5) is 4.19. The summed E-state index contributed by atoms with van der Waals surface area (Å²) in [5, 5.41) is 3.38. The second-order valence-electron chi connectivity index (χ2n) is 5.53. The lowest BCUT2D eigenvalue weighted by molar-refractivity contribution is 0.590. The summed E-state index contributed by atoms with van der Waals surface area (Å²) in [5.74, 6) is 0.562. The summed E-state index contributed by atoms with van der Waals surface area (Å²) in [5.41, 5.74) is 1.82. The summed E-state index contributed by atoms with van der Waals surface area (Å²) in [6, 6.07) is 4.35. The molecule has 0 radical (unpaired) electrons. The number of hydrogen-bond acceptors (Lipinski definition) is 4. The first kappa shape index (κ1) is 15.3. The van der Waals surface area contributed by atoms with Crippen molar-refractivity contribution in [1.29, 1.82) is 0 Å². The Kier molecular flexibility index (Phi) is 4.99. The zero-order valence-electron chi connectivity index (χ0n) is 12.1. The van der Waals surface area contributed by atoms with Gasteiger partial charge in [0.05, 0.1) is 5.75 Å². The molecule has 1 aromatic heterocycles. The van der Waals surface area contributed by atoms with Crippen molar-refractivity contribution in [1.82, 2.24) is 10.3 Å². The molecular weight excluding hydrogens is 274 g/mol. The van der Waals surface area contributed by atoms with Gasteiger partial charge in [-0.25, -0.2) is 13.4 Å². The van der Waals surface area contributed by atoms with Gasteiger partial charge in [0.2, 0.25) is 10.0 Å². The van der Waals surface area contributed by atoms with Crippen molar-refractivity contribution in [3.63, 3.8) is 0 Å². The number of aromatic nitrogens is 1. The van der Waals surface area contributed by atoms with Gasteiger partial charge in [0.1, 0.15) is 5.82 Å². The van der Waals surface area contributed by atoms with Crippen LogP contribution in [0.25, 0.3) is 0 Å². The number of rotatable bonds is 8. The van der Waals surface area contributed by atoms with E-state index in [9.17, 15) is 8.42 Å². The molecule has 1 saturated carbocycles. The molecule has 6 heteroatoms. The van der Waals surface area contributed by atoms with Crippen molar-refractivity contribution < 1.29 is 8.42 Å². The molecule has 1 aliphatic carbocycles. The molecule has 20 heavy (non-hydrogen) atoms. The lowest BCUT2D eigenvalue weighted by Gasteiger charge is -2.09. The van der Waals surface area contributed by atoms with E-state index in [1.807, 2.05) is 19.9 Å². The smallest absolute Gasteiger partial charge is 0.233 e. The van der Waals surface area contributed by atoms with Crippen LogP contribution >= 0.6 is 0 Å². The van der Waals surface area contributed by atoms with E-state index in [1.165, 1.54) is 12.8 Å². The minimum atomic E-state index is -3.29. The van der Waals surface area contributed by atoms with E-state index in [2.05, 4.69) is 15.0 Å². The van der Waals surface area contributed by atoms with Crippen molar-refractivity contribution in [2.75, 3.05) is 17.0 Å². The molecule has 5 nitrogen and oxygen atoms in total. The molecular formula is C14H23N3O2S. The molecule has 0 atom stereocenters. The molecule has 2 rings (SSSR count). The highest BCUT2D eigenvalue weighted by Crippen LogP contribution is 2.18. The molecule has 0 spiro atoms. The zero-order chi connectivity index (χ0) is 14.6. The monoisotopic (exact) mass is 297 g/mol. The molecule has 1 fully saturated rings. The first-order valence-electron chi connectivity index (χ1n) is 7.14. The van der Waals surface area contributed by atoms with Gasteiger partial charge in [0, 0.05) is 11.7 Å². The van der Waals surface area contributed by atoms with Gasteiger partial charge in [-0.15, -0.1) is 0 Å². The maximum Gasteiger partial charge on any atom is 0.233 e. The van der Waals surface area contributed by atoms with Gasteiger partial charge >= 0.3 is 0 Å². The lowest BCUT2D eigenvalue weighted by atomic mass is 10.2. The van der Waals surface area contributed by atoms with E-state index in [1.54, 1.807) is 6.07 Å². The number of pyridine rings is 1. The Morgan fingerprint density at radius 3 is 2.65 bits per heavy atom. The van der Waals surface area contributed by atoms with Gasteiger partial charge < -0.3 is 5.32 Å². The predicted octanol–water partition coefficient (Wildman–Crippen LogP) is 1.97. The number of aryl methyl sites for hydroxylation is 2. The number of nitrogens with zero attached hydrogens (tertiary/aromatic N) is 1. The topological polar surface area (TPSA) is 71.1 Å². The van der Waals surface area contributed by atoms with Crippen LogP contribution in [0, 0.1) is 13.8 Å². The van der Waals surface area contributed by atoms with E-state index >= 15 is 0 Å². The Balaban J connectivity index is 1.77. The van der Waals surface area contributed by atoms with Gasteiger partial charge in [-0.2, -0.15) is 0 Å². The Morgan fingerprint density at radius 1 is 1.25 bits per heavy atom. The standard InChI is InChI=1S/C14H23N3O2S/c1-11-9-12(2)16-14(10-11)17-20(18,19)8-4-3-7-15-13-5-6-13/h9-10,13,15H,3-8H2,1-2H3,(H,16,17). The van der Waals surface area contributed by atoms with Crippen molar-refractivity contribution in [2.45, 2.75) is 45.6 Å². The molecule has 1 aromatic rings. The van der Waals surface area contributed by atoms with Crippen LogP contribution in [0.4, 0.5) is 5.82 Å². The van der Waals surface area contributed by atoms with Gasteiger partial charge in [-0.1, -0.05) is 0 Å². The van der Waals surface area contributed by atoms with Gasteiger partial charge in [0.25, 0.3) is 0 Å². The van der Waals surface area contributed by atoms with E-state index in [0.717, 1.165) is 24.2 Å². The third-order valence-corrected chi connectivity index (χ3v) is 4.55. The quantitative estimate of drug-likeness (QED) is 0.720. The molecule has 0 aromatic carbocycles. The number of sulfonamides is 1. The Bertz CT molecular complexity index is 533. The SMILES string of the molecule is Cc1cc(C)nc(NS(=O)(=O)CCCCNC2CC2)c1. The van der Waals surface area contributed by atoms with E-state index < -0.39 is 10.0 Å². The third kappa shape index (κ3) is 5.46. The maximum absolute atomic E-state index is 12.0. The summed E-state index contributed by atoms with van der Waals surface area (Å²) >= 11 is 0. The van der Waals surface area contributed by atoms with Crippen LogP contribution in [0.3, 0.4) is 0 Å². The molecule has 0 aliphatic heterocycles. The first-order valence-corrected chi connectivity index (χ1v) is 8.79. The van der Waals surface area contributed by atoms with Crippen LogP contribution < -0.4 is 10.0 Å². The van der Waals surface area contributed by atoms with Crippen LogP contribution in [0.15, 0.2) is 12.1 Å². The highest BCUT2D eigenvalue weighted by molar-refractivity contribution is 7.92. The molecule has 1 heterocycles. The Hall–Kier alpha value is -1.14. The highest BCUT2D eigenvalue weighted by atomic mass is 32.2. The minimum Gasteiger partial charge on any atom is -0.314 e. The van der Waals surface area contributed by atoms with Crippen LogP contribution in [-0.2, 0) is 10.0 Å². The molecule has 112 valence electrons. The molecule has 0 unspecified atom stereocenters. The van der Waals surface area contributed by atoms with Crippen molar-refractivity contribution in [2.24, 2.45) is 0 Å². The lowest BCUT2D eigenvalue weighted by Crippen LogP contribution is -2.21. The van der Waals surface area contributed by atoms with Crippen molar-refractivity contribution in [3.8, 4) is 0 Å². The Labute approximate surface area is 121 Å². The van der Waals surface area contributed by atoms with Crippen molar-refractivity contribution in [3.05, 3.63) is 23.4 Å². The van der Waals surface area contributed by atoms with Gasteiger partial charge in [-0.3, -0.25) is 4.72 Å². The number of hydrogen-bond donors (Lipinski definition) is 2. The number of unbranched alkanes of at least 4 members (excludes halogenated alkanes) is 1. The summed E-state index contributed by atoms with van der Waals surface area (Å²) < 4.78 is 26.5. The maximum atomic E-state index is 12.0. The fourth-order valence-corrected chi connectivity index (χ4v) is 3.22. The van der Waals surface area contributed by atoms with Crippen LogP contribution in [0.2, 0.25) is 0 Å². The van der Waals surface area contributed by atoms with Crippen LogP contribution in [0.5, 0.6) is 0 Å². The fraction of sp³-hybridized carbons (Fsp3) is 0.643. The minimum absolute atomic E-state index is 0.147. The molecule has 0 amide bonds. The average Bonchev–Trinajstić information content (AvgIpc) is 3.10. The Morgan fingerprint density at radius 2 is 2.00 bits per heavy atom.